The van der Waals surface area contributed by atoms with E-state index in [4.69, 9.17) is 23.2 Å². The zero-order valence-corrected chi connectivity index (χ0v) is 18.8. The Balaban J connectivity index is 1.82. The van der Waals surface area contributed by atoms with E-state index >= 15 is 0 Å². The second kappa shape index (κ2) is 8.53. The molecule has 0 aliphatic carbocycles. The normalized spacial score (nSPS) is 10.9. The van der Waals surface area contributed by atoms with Crippen molar-refractivity contribution >= 4 is 34.8 Å². The molecule has 1 heterocycles. The molecule has 4 aromatic rings. The summed E-state index contributed by atoms with van der Waals surface area (Å²) < 4.78 is 1.66. The van der Waals surface area contributed by atoms with Crippen LogP contribution in [0.3, 0.4) is 0 Å². The van der Waals surface area contributed by atoms with E-state index in [0.29, 0.717) is 21.6 Å². The standard InChI is InChI=1S/C24H20Cl2N4O/c1-14-6-4-7-17(12-14)23-28-22(24(31)27-20-13-18(25)11-10-15(20)2)29-30(23)21-9-5-8-19(26)16(21)3/h4-13H,1-3H3,(H,27,31). The third-order valence-corrected chi connectivity index (χ3v) is 5.65. The number of rotatable bonds is 4. The Morgan fingerprint density at radius 1 is 0.968 bits per heavy atom. The lowest BCUT2D eigenvalue weighted by molar-refractivity contribution is 0.101. The highest BCUT2D eigenvalue weighted by Gasteiger charge is 2.21. The summed E-state index contributed by atoms with van der Waals surface area (Å²) in [5, 5.41) is 8.55. The minimum Gasteiger partial charge on any atom is -0.319 e. The lowest BCUT2D eigenvalue weighted by Gasteiger charge is -2.10. The first-order chi connectivity index (χ1) is 14.8. The van der Waals surface area contributed by atoms with Crippen molar-refractivity contribution in [1.82, 2.24) is 14.8 Å². The highest BCUT2D eigenvalue weighted by atomic mass is 35.5. The Morgan fingerprint density at radius 2 is 1.74 bits per heavy atom. The number of halogens is 2. The van der Waals surface area contributed by atoms with Crippen LogP contribution in [0.4, 0.5) is 5.69 Å². The first-order valence-electron chi connectivity index (χ1n) is 9.70. The maximum absolute atomic E-state index is 13.0. The van der Waals surface area contributed by atoms with Gasteiger partial charge in [-0.15, -0.1) is 5.10 Å². The SMILES string of the molecule is Cc1cccc(-c2nc(C(=O)Nc3cc(Cl)ccc3C)nn2-c2cccc(Cl)c2C)c1. The van der Waals surface area contributed by atoms with Crippen molar-refractivity contribution < 1.29 is 4.79 Å². The molecule has 4 rings (SSSR count). The van der Waals surface area contributed by atoms with Gasteiger partial charge in [0.2, 0.25) is 5.82 Å². The van der Waals surface area contributed by atoms with Gasteiger partial charge in [-0.3, -0.25) is 4.79 Å². The number of benzene rings is 3. The third kappa shape index (κ3) is 4.33. The number of hydrogen-bond donors (Lipinski definition) is 1. The molecule has 31 heavy (non-hydrogen) atoms. The van der Waals surface area contributed by atoms with Gasteiger partial charge in [-0.1, -0.05) is 59.1 Å². The smallest absolute Gasteiger partial charge is 0.295 e. The number of nitrogens with zero attached hydrogens (tertiary/aromatic N) is 3. The third-order valence-electron chi connectivity index (χ3n) is 5.00. The Labute approximate surface area is 190 Å². The van der Waals surface area contributed by atoms with E-state index in [1.807, 2.05) is 69.3 Å². The summed E-state index contributed by atoms with van der Waals surface area (Å²) in [6, 6.07) is 18.8. The Kier molecular flexibility index (Phi) is 5.81. The van der Waals surface area contributed by atoms with Gasteiger partial charge in [-0.25, -0.2) is 9.67 Å². The van der Waals surface area contributed by atoms with Gasteiger partial charge in [-0.05, 0) is 62.2 Å². The van der Waals surface area contributed by atoms with E-state index in [-0.39, 0.29) is 5.82 Å². The topological polar surface area (TPSA) is 59.8 Å². The number of aryl methyl sites for hydroxylation is 2. The second-order valence-electron chi connectivity index (χ2n) is 7.34. The number of amides is 1. The number of carbonyl (C=O) groups is 1. The lowest BCUT2D eigenvalue weighted by atomic mass is 10.1. The van der Waals surface area contributed by atoms with Crippen LogP contribution in [0.15, 0.2) is 60.7 Å². The number of hydrogen-bond acceptors (Lipinski definition) is 3. The predicted octanol–water partition coefficient (Wildman–Crippen LogP) is 6.42. The van der Waals surface area contributed by atoms with Crippen LogP contribution >= 0.6 is 23.2 Å². The monoisotopic (exact) mass is 450 g/mol. The van der Waals surface area contributed by atoms with Crippen LogP contribution in [0.2, 0.25) is 10.0 Å². The van der Waals surface area contributed by atoms with Gasteiger partial charge in [0.05, 0.1) is 5.69 Å². The van der Waals surface area contributed by atoms with Crippen LogP contribution in [-0.4, -0.2) is 20.7 Å². The van der Waals surface area contributed by atoms with Crippen LogP contribution < -0.4 is 5.32 Å². The first-order valence-corrected chi connectivity index (χ1v) is 10.5. The molecule has 1 amide bonds. The van der Waals surface area contributed by atoms with E-state index in [0.717, 1.165) is 27.9 Å². The molecule has 0 bridgehead atoms. The van der Waals surface area contributed by atoms with Crippen LogP contribution in [0.5, 0.6) is 0 Å². The van der Waals surface area contributed by atoms with Crippen molar-refractivity contribution in [3.63, 3.8) is 0 Å². The van der Waals surface area contributed by atoms with E-state index < -0.39 is 5.91 Å². The molecule has 5 nitrogen and oxygen atoms in total. The molecular formula is C24H20Cl2N4O. The van der Waals surface area contributed by atoms with Gasteiger partial charge in [-0.2, -0.15) is 0 Å². The fourth-order valence-corrected chi connectivity index (χ4v) is 3.62. The zero-order valence-electron chi connectivity index (χ0n) is 17.3. The molecule has 0 atom stereocenters. The second-order valence-corrected chi connectivity index (χ2v) is 8.18. The highest BCUT2D eigenvalue weighted by molar-refractivity contribution is 6.31. The number of carbonyl (C=O) groups excluding carboxylic acids is 1. The van der Waals surface area contributed by atoms with E-state index in [2.05, 4.69) is 15.4 Å². The number of nitrogens with one attached hydrogen (secondary N) is 1. The largest absolute Gasteiger partial charge is 0.319 e. The summed E-state index contributed by atoms with van der Waals surface area (Å²) in [6.07, 6.45) is 0. The zero-order chi connectivity index (χ0) is 22.1. The van der Waals surface area contributed by atoms with Gasteiger partial charge in [0.15, 0.2) is 5.82 Å². The van der Waals surface area contributed by atoms with Crippen LogP contribution in [0.25, 0.3) is 17.1 Å². The predicted molar refractivity (Wildman–Crippen MR) is 125 cm³/mol. The molecule has 0 aliphatic heterocycles. The molecule has 0 spiro atoms. The van der Waals surface area contributed by atoms with Gasteiger partial charge in [0.25, 0.3) is 5.91 Å². The van der Waals surface area contributed by atoms with E-state index in [1.54, 1.807) is 16.8 Å². The summed E-state index contributed by atoms with van der Waals surface area (Å²) in [7, 11) is 0. The van der Waals surface area contributed by atoms with Gasteiger partial charge in [0, 0.05) is 21.3 Å². The summed E-state index contributed by atoms with van der Waals surface area (Å²) in [4.78, 5) is 17.6. The Bertz CT molecular complexity index is 1300. The van der Waals surface area contributed by atoms with Crippen molar-refractivity contribution in [2.45, 2.75) is 20.8 Å². The lowest BCUT2D eigenvalue weighted by Crippen LogP contribution is -2.15. The van der Waals surface area contributed by atoms with Crippen molar-refractivity contribution in [3.05, 3.63) is 93.2 Å². The molecule has 1 aromatic heterocycles. The quantitative estimate of drug-likeness (QED) is 0.390. The minimum absolute atomic E-state index is 0.0512. The maximum Gasteiger partial charge on any atom is 0.295 e. The van der Waals surface area contributed by atoms with Gasteiger partial charge >= 0.3 is 0 Å². The van der Waals surface area contributed by atoms with E-state index in [9.17, 15) is 4.79 Å². The van der Waals surface area contributed by atoms with E-state index in [1.165, 1.54) is 0 Å². The summed E-state index contributed by atoms with van der Waals surface area (Å²) in [5.41, 5.74) is 5.04. The molecule has 0 radical (unpaired) electrons. The van der Waals surface area contributed by atoms with Crippen molar-refractivity contribution in [1.29, 1.82) is 0 Å². The maximum atomic E-state index is 13.0. The van der Waals surface area contributed by atoms with Crippen molar-refractivity contribution in [2.24, 2.45) is 0 Å². The molecule has 0 aliphatic rings. The molecule has 0 saturated carbocycles. The Morgan fingerprint density at radius 3 is 2.52 bits per heavy atom. The molecule has 0 unspecified atom stereocenters. The summed E-state index contributed by atoms with van der Waals surface area (Å²) in [5.74, 6) is 0.190. The Hall–Kier alpha value is -3.15. The van der Waals surface area contributed by atoms with Crippen LogP contribution in [0.1, 0.15) is 27.3 Å². The molecule has 3 aromatic carbocycles. The van der Waals surface area contributed by atoms with Crippen molar-refractivity contribution in [2.75, 3.05) is 5.32 Å². The fraction of sp³-hybridized carbons (Fsp3) is 0.125. The number of aromatic nitrogens is 3. The number of anilines is 1. The highest BCUT2D eigenvalue weighted by Crippen LogP contribution is 2.28. The van der Waals surface area contributed by atoms with Crippen LogP contribution in [-0.2, 0) is 0 Å². The summed E-state index contributed by atoms with van der Waals surface area (Å²) >= 11 is 12.4. The fourth-order valence-electron chi connectivity index (χ4n) is 3.28. The minimum atomic E-state index is -0.419. The van der Waals surface area contributed by atoms with Crippen molar-refractivity contribution in [3.8, 4) is 17.1 Å². The van der Waals surface area contributed by atoms with Gasteiger partial charge in [0.1, 0.15) is 0 Å². The van der Waals surface area contributed by atoms with Gasteiger partial charge < -0.3 is 5.32 Å². The average Bonchev–Trinajstić information content (AvgIpc) is 3.18. The van der Waals surface area contributed by atoms with Crippen LogP contribution in [0, 0.1) is 20.8 Å². The molecule has 0 fully saturated rings. The molecule has 0 saturated heterocycles. The summed E-state index contributed by atoms with van der Waals surface area (Å²) in [6.45, 7) is 5.81. The molecular weight excluding hydrogens is 431 g/mol. The molecule has 1 N–H and O–H groups in total. The average molecular weight is 451 g/mol. The molecule has 156 valence electrons. The first kappa shape index (κ1) is 21.1. The molecule has 7 heteroatoms.